The minimum atomic E-state index is -2.35. The molecule has 0 spiro atoms. The summed E-state index contributed by atoms with van der Waals surface area (Å²) in [7, 11) is 0. The van der Waals surface area contributed by atoms with Crippen molar-refractivity contribution in [3.63, 3.8) is 0 Å². The number of benzene rings is 1. The van der Waals surface area contributed by atoms with Gasteiger partial charge in [0.15, 0.2) is 23.3 Å². The third kappa shape index (κ3) is 5.47. The first kappa shape index (κ1) is 24.0. The Hall–Kier alpha value is -3.24. The number of nitrogens with one attached hydrogen (secondary N) is 1. The maximum Gasteiger partial charge on any atom is 0.333 e. The molecule has 11 heteroatoms. The third-order valence-corrected chi connectivity index (χ3v) is 4.37. The van der Waals surface area contributed by atoms with Crippen LogP contribution < -0.4 is 11.2 Å². The zero-order valence-corrected chi connectivity index (χ0v) is 16.5. The van der Waals surface area contributed by atoms with Gasteiger partial charge in [-0.15, -0.1) is 0 Å². The van der Waals surface area contributed by atoms with Crippen LogP contribution in [-0.2, 0) is 16.1 Å². The number of carbonyl (C=O) groups excluding carboxylic acids is 1. The van der Waals surface area contributed by atoms with E-state index in [1.165, 1.54) is 6.92 Å². The molecule has 2 aromatic rings. The van der Waals surface area contributed by atoms with Crippen molar-refractivity contribution in [2.24, 2.45) is 0 Å². The molecule has 168 valence electrons. The molecule has 0 aliphatic heterocycles. The van der Waals surface area contributed by atoms with Gasteiger partial charge < -0.3 is 4.74 Å². The summed E-state index contributed by atoms with van der Waals surface area (Å²) in [5.41, 5.74) is -4.18. The summed E-state index contributed by atoms with van der Waals surface area (Å²) >= 11 is 0. The number of rotatable bonds is 9. The van der Waals surface area contributed by atoms with Gasteiger partial charge >= 0.3 is 11.7 Å². The van der Waals surface area contributed by atoms with Crippen molar-refractivity contribution >= 4 is 5.97 Å². The summed E-state index contributed by atoms with van der Waals surface area (Å²) in [5, 5.41) is 0. The molecule has 0 atom stereocenters. The van der Waals surface area contributed by atoms with Crippen LogP contribution in [0.3, 0.4) is 0 Å². The van der Waals surface area contributed by atoms with Crippen LogP contribution in [0.4, 0.5) is 22.0 Å². The lowest BCUT2D eigenvalue weighted by atomic mass is 10.1. The van der Waals surface area contributed by atoms with Crippen LogP contribution in [0.5, 0.6) is 0 Å². The number of aromatic amines is 1. The number of ether oxygens (including phenoxy) is 1. The first-order valence-corrected chi connectivity index (χ1v) is 9.24. The molecule has 0 radical (unpaired) electrons. The smallest absolute Gasteiger partial charge is 0.333 e. The van der Waals surface area contributed by atoms with Crippen molar-refractivity contribution < 1.29 is 31.5 Å². The van der Waals surface area contributed by atoms with Crippen LogP contribution in [0.2, 0.25) is 0 Å². The van der Waals surface area contributed by atoms with Gasteiger partial charge in [-0.1, -0.05) is 13.0 Å². The monoisotopic (exact) mass is 446 g/mol. The van der Waals surface area contributed by atoms with Crippen LogP contribution >= 0.6 is 0 Å². The summed E-state index contributed by atoms with van der Waals surface area (Å²) in [6, 6.07) is 0. The minimum Gasteiger partial charge on any atom is -0.462 e. The number of carbonyl (C=O) groups is 1. The summed E-state index contributed by atoms with van der Waals surface area (Å²) in [4.78, 5) is 36.9. The van der Waals surface area contributed by atoms with Gasteiger partial charge in [0, 0.05) is 18.3 Å². The predicted octanol–water partition coefficient (Wildman–Crippen LogP) is 3.58. The van der Waals surface area contributed by atoms with E-state index < -0.39 is 57.4 Å². The highest BCUT2D eigenvalue weighted by Gasteiger charge is 2.28. The second kappa shape index (κ2) is 10.2. The fraction of sp³-hybridized carbons (Fsp3) is 0.350. The summed E-state index contributed by atoms with van der Waals surface area (Å²) in [6.07, 6.45) is 2.92. The van der Waals surface area contributed by atoms with Crippen LogP contribution in [0.25, 0.3) is 11.1 Å². The van der Waals surface area contributed by atoms with Crippen molar-refractivity contribution in [2.45, 2.75) is 39.2 Å². The number of esters is 1. The normalized spacial score (nSPS) is 10.9. The number of aryl methyl sites for hydroxylation is 1. The van der Waals surface area contributed by atoms with Crippen molar-refractivity contribution in [2.75, 3.05) is 6.61 Å². The molecule has 0 aliphatic rings. The van der Waals surface area contributed by atoms with E-state index in [4.69, 9.17) is 4.74 Å². The Labute approximate surface area is 173 Å². The maximum absolute atomic E-state index is 14.0. The van der Waals surface area contributed by atoms with E-state index in [0.29, 0.717) is 25.7 Å². The number of hydrogen-bond acceptors (Lipinski definition) is 4. The van der Waals surface area contributed by atoms with Crippen LogP contribution in [0.1, 0.15) is 32.6 Å². The standard InChI is InChI=1S/C20H19F5N2O4/c1-10(2)19(29)31-8-6-4-3-5-7-27-9-11(18(28)26-20(27)30)12-13(21)15(23)17(25)16(24)14(12)22/h9H,1,3-8H2,2H3,(H,26,28,30). The van der Waals surface area contributed by atoms with Gasteiger partial charge in [0.25, 0.3) is 5.56 Å². The largest absolute Gasteiger partial charge is 0.462 e. The second-order valence-corrected chi connectivity index (χ2v) is 6.77. The minimum absolute atomic E-state index is 0.0174. The molecule has 1 heterocycles. The molecule has 6 nitrogen and oxygen atoms in total. The Kier molecular flexibility index (Phi) is 7.89. The van der Waals surface area contributed by atoms with Gasteiger partial charge in [0.2, 0.25) is 5.82 Å². The van der Waals surface area contributed by atoms with E-state index in [-0.39, 0.29) is 18.7 Å². The van der Waals surface area contributed by atoms with Crippen molar-refractivity contribution in [3.8, 4) is 11.1 Å². The van der Waals surface area contributed by atoms with Gasteiger partial charge in [-0.3, -0.25) is 14.3 Å². The molecule has 0 fully saturated rings. The Morgan fingerprint density at radius 1 is 0.968 bits per heavy atom. The van der Waals surface area contributed by atoms with Crippen LogP contribution in [0.15, 0.2) is 27.9 Å². The molecule has 0 saturated carbocycles. The fourth-order valence-electron chi connectivity index (χ4n) is 2.72. The van der Waals surface area contributed by atoms with E-state index in [9.17, 15) is 36.3 Å². The molecule has 1 aromatic heterocycles. The average molecular weight is 446 g/mol. The Morgan fingerprint density at radius 2 is 1.52 bits per heavy atom. The predicted molar refractivity (Wildman–Crippen MR) is 101 cm³/mol. The summed E-state index contributed by atoms with van der Waals surface area (Å²) in [6.45, 7) is 5.17. The lowest BCUT2D eigenvalue weighted by molar-refractivity contribution is -0.139. The van der Waals surface area contributed by atoms with Crippen LogP contribution in [0, 0.1) is 29.1 Å². The van der Waals surface area contributed by atoms with Gasteiger partial charge in [-0.25, -0.2) is 31.5 Å². The summed E-state index contributed by atoms with van der Waals surface area (Å²) in [5.74, 6) is -11.6. The van der Waals surface area contributed by atoms with E-state index in [0.717, 1.165) is 10.8 Å². The number of unbranched alkanes of at least 4 members (excludes halogenated alkanes) is 3. The highest BCUT2D eigenvalue weighted by molar-refractivity contribution is 5.86. The first-order valence-electron chi connectivity index (χ1n) is 9.24. The van der Waals surface area contributed by atoms with Gasteiger partial charge in [-0.05, 0) is 26.2 Å². The zero-order chi connectivity index (χ0) is 23.3. The number of nitrogens with zero attached hydrogens (tertiary/aromatic N) is 1. The topological polar surface area (TPSA) is 81.2 Å². The molecule has 31 heavy (non-hydrogen) atoms. The molecule has 0 bridgehead atoms. The first-order chi connectivity index (χ1) is 14.6. The molecule has 1 N–H and O–H groups in total. The summed E-state index contributed by atoms with van der Waals surface area (Å²) < 4.78 is 74.1. The number of aromatic nitrogens is 2. The highest BCUT2D eigenvalue weighted by atomic mass is 19.2. The highest BCUT2D eigenvalue weighted by Crippen LogP contribution is 2.29. The Balaban J connectivity index is 2.12. The fourth-order valence-corrected chi connectivity index (χ4v) is 2.72. The van der Waals surface area contributed by atoms with E-state index in [2.05, 4.69) is 6.58 Å². The van der Waals surface area contributed by atoms with E-state index in [1.807, 2.05) is 4.98 Å². The van der Waals surface area contributed by atoms with Crippen molar-refractivity contribution in [1.29, 1.82) is 0 Å². The van der Waals surface area contributed by atoms with Gasteiger partial charge in [-0.2, -0.15) is 0 Å². The molecule has 0 amide bonds. The molecule has 1 aromatic carbocycles. The molecule has 0 unspecified atom stereocenters. The lowest BCUT2D eigenvalue weighted by Gasteiger charge is -2.10. The molecule has 0 saturated heterocycles. The quantitative estimate of drug-likeness (QED) is 0.160. The molecular weight excluding hydrogens is 427 g/mol. The number of halogens is 5. The molecular formula is C20H19F5N2O4. The maximum atomic E-state index is 14.0. The molecule has 2 rings (SSSR count). The Bertz CT molecular complexity index is 1090. The van der Waals surface area contributed by atoms with Crippen LogP contribution in [-0.4, -0.2) is 22.1 Å². The van der Waals surface area contributed by atoms with Gasteiger partial charge in [0.1, 0.15) is 0 Å². The zero-order valence-electron chi connectivity index (χ0n) is 16.5. The third-order valence-electron chi connectivity index (χ3n) is 4.37. The Morgan fingerprint density at radius 3 is 2.10 bits per heavy atom. The second-order valence-electron chi connectivity index (χ2n) is 6.77. The van der Waals surface area contributed by atoms with Gasteiger partial charge in [0.05, 0.1) is 17.7 Å². The number of hydrogen-bond donors (Lipinski definition) is 1. The number of H-pyrrole nitrogens is 1. The SMILES string of the molecule is C=C(C)C(=O)OCCCCCCn1cc(-c2c(F)c(F)c(F)c(F)c2F)c(=O)[nH]c1=O. The van der Waals surface area contributed by atoms with E-state index >= 15 is 0 Å². The lowest BCUT2D eigenvalue weighted by Crippen LogP contribution is -2.31. The van der Waals surface area contributed by atoms with E-state index in [1.54, 1.807) is 0 Å². The van der Waals surface area contributed by atoms with Crippen molar-refractivity contribution in [3.05, 3.63) is 68.3 Å². The average Bonchev–Trinajstić information content (AvgIpc) is 2.72. The van der Waals surface area contributed by atoms with Crippen molar-refractivity contribution in [1.82, 2.24) is 9.55 Å². The molecule has 0 aliphatic carbocycles.